The molecule has 0 bridgehead atoms. The molecule has 4 rings (SSSR count). The number of nitrogens with zero attached hydrogens (tertiary/aromatic N) is 4. The van der Waals surface area contributed by atoms with Gasteiger partial charge >= 0.3 is 0 Å². The lowest BCUT2D eigenvalue weighted by Gasteiger charge is -2.35. The van der Waals surface area contributed by atoms with Gasteiger partial charge in [-0.3, -0.25) is 4.79 Å². The topological polar surface area (TPSA) is 75.5 Å². The monoisotopic (exact) mass is 498 g/mol. The second-order valence-electron chi connectivity index (χ2n) is 6.86. The lowest BCUT2D eigenvalue weighted by molar-refractivity contribution is 0.384. The van der Waals surface area contributed by atoms with E-state index in [0.29, 0.717) is 24.5 Å². The van der Waals surface area contributed by atoms with Gasteiger partial charge in [-0.1, -0.05) is 53.0 Å². The zero-order chi connectivity index (χ0) is 22.2. The largest absolute Gasteiger partial charge is 0.366 e. The highest BCUT2D eigenvalue weighted by Crippen LogP contribution is 2.28. The first-order chi connectivity index (χ1) is 14.8. The zero-order valence-electron chi connectivity index (χ0n) is 16.1. The molecule has 0 N–H and O–H groups in total. The fourth-order valence-corrected chi connectivity index (χ4v) is 5.41. The highest BCUT2D eigenvalue weighted by molar-refractivity contribution is 7.89. The van der Waals surface area contributed by atoms with E-state index in [2.05, 4.69) is 5.10 Å². The molecular weight excluding hydrogens is 483 g/mol. The van der Waals surface area contributed by atoms with Crippen molar-refractivity contribution in [2.45, 2.75) is 4.90 Å². The zero-order valence-corrected chi connectivity index (χ0v) is 19.2. The van der Waals surface area contributed by atoms with Gasteiger partial charge in [0, 0.05) is 26.2 Å². The van der Waals surface area contributed by atoms with Crippen molar-refractivity contribution in [2.24, 2.45) is 0 Å². The average molecular weight is 500 g/mol. The summed E-state index contributed by atoms with van der Waals surface area (Å²) >= 11 is 18.2. The summed E-state index contributed by atoms with van der Waals surface area (Å²) in [6, 6.07) is 13.2. The van der Waals surface area contributed by atoms with E-state index in [0.717, 1.165) is 0 Å². The van der Waals surface area contributed by atoms with E-state index in [4.69, 9.17) is 34.8 Å². The number of benzene rings is 2. The van der Waals surface area contributed by atoms with Crippen LogP contribution < -0.4 is 10.5 Å². The summed E-state index contributed by atoms with van der Waals surface area (Å²) in [5.41, 5.74) is 0.653. The van der Waals surface area contributed by atoms with Crippen molar-refractivity contribution in [3.05, 3.63) is 80.1 Å². The number of piperazine rings is 1. The van der Waals surface area contributed by atoms with E-state index < -0.39 is 15.6 Å². The molecule has 0 amide bonds. The molecule has 1 aliphatic rings. The minimum Gasteiger partial charge on any atom is -0.366 e. The molecule has 0 radical (unpaired) electrons. The van der Waals surface area contributed by atoms with Crippen molar-refractivity contribution < 1.29 is 8.42 Å². The number of aromatic nitrogens is 2. The minimum absolute atomic E-state index is 0.0413. The Balaban J connectivity index is 1.53. The van der Waals surface area contributed by atoms with Gasteiger partial charge in [0.1, 0.15) is 5.02 Å². The Morgan fingerprint density at radius 1 is 0.871 bits per heavy atom. The van der Waals surface area contributed by atoms with Crippen LogP contribution in [0.3, 0.4) is 0 Å². The van der Waals surface area contributed by atoms with E-state index in [1.807, 2.05) is 11.0 Å². The van der Waals surface area contributed by atoms with Gasteiger partial charge in [-0.15, -0.1) is 0 Å². The molecule has 1 fully saturated rings. The molecule has 1 aromatic heterocycles. The van der Waals surface area contributed by atoms with Crippen LogP contribution in [-0.4, -0.2) is 48.7 Å². The molecule has 0 unspecified atom stereocenters. The molecule has 31 heavy (non-hydrogen) atoms. The van der Waals surface area contributed by atoms with Crippen molar-refractivity contribution in [1.29, 1.82) is 0 Å². The van der Waals surface area contributed by atoms with Crippen molar-refractivity contribution >= 4 is 50.5 Å². The molecule has 0 saturated carbocycles. The Hall–Kier alpha value is -2.10. The summed E-state index contributed by atoms with van der Waals surface area (Å²) in [6.07, 6.45) is 1.53. The van der Waals surface area contributed by atoms with Gasteiger partial charge in [0.25, 0.3) is 5.56 Å². The molecule has 7 nitrogen and oxygen atoms in total. The molecular formula is C20H17Cl3N4O3S. The number of hydrogen-bond donors (Lipinski definition) is 0. The number of para-hydroxylation sites is 1. The lowest BCUT2D eigenvalue weighted by Crippen LogP contribution is -2.49. The maximum absolute atomic E-state index is 12.9. The summed E-state index contributed by atoms with van der Waals surface area (Å²) in [7, 11) is -3.72. The maximum Gasteiger partial charge on any atom is 0.292 e. The Bertz CT molecular complexity index is 1270. The second-order valence-corrected chi connectivity index (χ2v) is 9.99. The summed E-state index contributed by atoms with van der Waals surface area (Å²) in [4.78, 5) is 14.7. The molecule has 2 heterocycles. The first-order valence-corrected chi connectivity index (χ1v) is 11.9. The summed E-state index contributed by atoms with van der Waals surface area (Å²) in [5, 5.41) is 4.75. The van der Waals surface area contributed by atoms with Gasteiger partial charge in [0.15, 0.2) is 0 Å². The van der Waals surface area contributed by atoms with E-state index >= 15 is 0 Å². The van der Waals surface area contributed by atoms with Gasteiger partial charge in [-0.05, 0) is 30.3 Å². The van der Waals surface area contributed by atoms with Crippen molar-refractivity contribution in [1.82, 2.24) is 14.1 Å². The van der Waals surface area contributed by atoms with Crippen LogP contribution in [0.5, 0.6) is 0 Å². The van der Waals surface area contributed by atoms with Crippen LogP contribution in [0.15, 0.2) is 64.4 Å². The Morgan fingerprint density at radius 3 is 2.19 bits per heavy atom. The minimum atomic E-state index is -3.72. The van der Waals surface area contributed by atoms with Gasteiger partial charge < -0.3 is 4.90 Å². The van der Waals surface area contributed by atoms with Crippen LogP contribution >= 0.6 is 34.8 Å². The van der Waals surface area contributed by atoms with Crippen LogP contribution in [0.25, 0.3) is 5.69 Å². The average Bonchev–Trinajstić information content (AvgIpc) is 2.78. The number of hydrogen-bond acceptors (Lipinski definition) is 5. The number of anilines is 1. The first kappa shape index (κ1) is 22.1. The molecule has 162 valence electrons. The standard InChI is InChI=1S/C20H17Cl3N4O3S/c21-16-7-6-15(12-17(16)22)31(29,30)26-10-8-25(9-11-26)18-13-24-27(20(28)19(18)23)14-4-2-1-3-5-14/h1-7,12-13H,8-11H2. The Kier molecular flexibility index (Phi) is 6.27. The van der Waals surface area contributed by atoms with Crippen molar-refractivity contribution in [2.75, 3.05) is 31.1 Å². The summed E-state index contributed by atoms with van der Waals surface area (Å²) in [5.74, 6) is 0. The van der Waals surface area contributed by atoms with Crippen molar-refractivity contribution in [3.63, 3.8) is 0 Å². The Morgan fingerprint density at radius 2 is 1.55 bits per heavy atom. The van der Waals surface area contributed by atoms with E-state index in [9.17, 15) is 13.2 Å². The third-order valence-corrected chi connectivity index (χ3v) is 8.00. The first-order valence-electron chi connectivity index (χ1n) is 9.32. The van der Waals surface area contributed by atoms with Gasteiger partial charge in [0.2, 0.25) is 10.0 Å². The fourth-order valence-electron chi connectivity index (χ4n) is 3.35. The molecule has 0 spiro atoms. The van der Waals surface area contributed by atoms with Crippen LogP contribution in [0, 0.1) is 0 Å². The SMILES string of the molecule is O=c1c(Cl)c(N2CCN(S(=O)(=O)c3ccc(Cl)c(Cl)c3)CC2)cnn1-c1ccccc1. The molecule has 2 aromatic carbocycles. The van der Waals surface area contributed by atoms with Crippen LogP contribution in [0.2, 0.25) is 15.1 Å². The van der Waals surface area contributed by atoms with E-state index in [1.165, 1.54) is 33.4 Å². The second kappa shape index (κ2) is 8.80. The molecule has 11 heteroatoms. The van der Waals surface area contributed by atoms with Gasteiger partial charge in [0.05, 0.1) is 32.5 Å². The summed E-state index contributed by atoms with van der Waals surface area (Å²) in [6.45, 7) is 1.16. The number of halogens is 3. The maximum atomic E-state index is 12.9. The molecule has 1 aliphatic heterocycles. The molecule has 0 atom stereocenters. The predicted octanol–water partition coefficient (Wildman–Crippen LogP) is 3.70. The van der Waals surface area contributed by atoms with Crippen molar-refractivity contribution in [3.8, 4) is 5.69 Å². The van der Waals surface area contributed by atoms with Crippen LogP contribution in [0.1, 0.15) is 0 Å². The quantitative estimate of drug-likeness (QED) is 0.547. The summed E-state index contributed by atoms with van der Waals surface area (Å²) < 4.78 is 28.5. The lowest BCUT2D eigenvalue weighted by atomic mass is 10.3. The number of sulfonamides is 1. The van der Waals surface area contributed by atoms with Crippen LogP contribution in [0.4, 0.5) is 5.69 Å². The fraction of sp³-hybridized carbons (Fsp3) is 0.200. The van der Waals surface area contributed by atoms with E-state index in [-0.39, 0.29) is 33.1 Å². The molecule has 3 aromatic rings. The highest BCUT2D eigenvalue weighted by atomic mass is 35.5. The third-order valence-electron chi connectivity index (χ3n) is 5.01. The number of rotatable bonds is 4. The predicted molar refractivity (Wildman–Crippen MR) is 122 cm³/mol. The highest BCUT2D eigenvalue weighted by Gasteiger charge is 2.30. The molecule has 0 aliphatic carbocycles. The smallest absolute Gasteiger partial charge is 0.292 e. The third kappa shape index (κ3) is 4.31. The van der Waals surface area contributed by atoms with Crippen LogP contribution in [-0.2, 0) is 10.0 Å². The van der Waals surface area contributed by atoms with Gasteiger partial charge in [-0.25, -0.2) is 8.42 Å². The normalized spacial score (nSPS) is 15.3. The van der Waals surface area contributed by atoms with E-state index in [1.54, 1.807) is 24.3 Å². The molecule has 1 saturated heterocycles. The van der Waals surface area contributed by atoms with Gasteiger partial charge in [-0.2, -0.15) is 14.1 Å². The Labute approximate surface area is 194 Å².